The molecule has 1 aromatic heterocycles. The highest BCUT2D eigenvalue weighted by molar-refractivity contribution is 6.01. The van der Waals surface area contributed by atoms with Gasteiger partial charge in [-0.25, -0.2) is 0 Å². The third-order valence-corrected chi connectivity index (χ3v) is 5.17. The van der Waals surface area contributed by atoms with Gasteiger partial charge in [0.15, 0.2) is 0 Å². The van der Waals surface area contributed by atoms with Crippen molar-refractivity contribution in [1.29, 1.82) is 0 Å². The standard InChI is InChI=1S/C17H21N3O/c18-13-7-1-5-12-10-14(19-16(12)13)17(21)20-9-3-6-11-4-2-8-15(11)20/h1,5,7,10-11,15,19H,2-4,6,8-9,18H2. The lowest BCUT2D eigenvalue weighted by Crippen LogP contribution is -2.46. The predicted molar refractivity (Wildman–Crippen MR) is 84.1 cm³/mol. The highest BCUT2D eigenvalue weighted by atomic mass is 16.2. The van der Waals surface area contributed by atoms with Crippen molar-refractivity contribution < 1.29 is 4.79 Å². The largest absolute Gasteiger partial charge is 0.397 e. The van der Waals surface area contributed by atoms with Crippen LogP contribution in [0.5, 0.6) is 0 Å². The molecule has 4 nitrogen and oxygen atoms in total. The Kier molecular flexibility index (Phi) is 2.91. The van der Waals surface area contributed by atoms with Gasteiger partial charge in [-0.3, -0.25) is 4.79 Å². The quantitative estimate of drug-likeness (QED) is 0.790. The first kappa shape index (κ1) is 12.7. The summed E-state index contributed by atoms with van der Waals surface area (Å²) >= 11 is 0. The molecule has 4 heteroatoms. The number of amides is 1. The van der Waals surface area contributed by atoms with Gasteiger partial charge in [0.25, 0.3) is 5.91 Å². The van der Waals surface area contributed by atoms with Crippen LogP contribution in [0.15, 0.2) is 24.3 Å². The number of carbonyl (C=O) groups excluding carboxylic acids is 1. The predicted octanol–water partition coefficient (Wildman–Crippen LogP) is 3.15. The number of nitrogen functional groups attached to an aromatic ring is 1. The number of nitrogens with zero attached hydrogens (tertiary/aromatic N) is 1. The second-order valence-corrected chi connectivity index (χ2v) is 6.39. The van der Waals surface area contributed by atoms with E-state index in [0.717, 1.165) is 29.8 Å². The lowest BCUT2D eigenvalue weighted by atomic mass is 9.92. The van der Waals surface area contributed by atoms with Crippen LogP contribution in [0.3, 0.4) is 0 Å². The molecule has 21 heavy (non-hydrogen) atoms. The fourth-order valence-electron chi connectivity index (χ4n) is 4.16. The van der Waals surface area contributed by atoms with Crippen LogP contribution >= 0.6 is 0 Å². The van der Waals surface area contributed by atoms with Crippen molar-refractivity contribution in [3.63, 3.8) is 0 Å². The second kappa shape index (κ2) is 4.79. The summed E-state index contributed by atoms with van der Waals surface area (Å²) in [4.78, 5) is 18.2. The maximum atomic E-state index is 12.9. The van der Waals surface area contributed by atoms with Crippen molar-refractivity contribution in [1.82, 2.24) is 9.88 Å². The van der Waals surface area contributed by atoms with E-state index in [1.807, 2.05) is 24.3 Å². The number of aromatic nitrogens is 1. The molecule has 2 fully saturated rings. The fraction of sp³-hybridized carbons (Fsp3) is 0.471. The molecule has 2 aromatic rings. The molecule has 1 saturated heterocycles. The van der Waals surface area contributed by atoms with Gasteiger partial charge in [0.05, 0.1) is 11.2 Å². The minimum absolute atomic E-state index is 0.141. The van der Waals surface area contributed by atoms with Crippen LogP contribution in [0, 0.1) is 5.92 Å². The van der Waals surface area contributed by atoms with Gasteiger partial charge in [0.1, 0.15) is 5.69 Å². The smallest absolute Gasteiger partial charge is 0.270 e. The van der Waals surface area contributed by atoms with Crippen LogP contribution < -0.4 is 5.73 Å². The number of aromatic amines is 1. The molecule has 1 amide bonds. The molecular formula is C17H21N3O. The molecule has 2 heterocycles. The summed E-state index contributed by atoms with van der Waals surface area (Å²) in [5.74, 6) is 0.861. The zero-order chi connectivity index (χ0) is 14.4. The Labute approximate surface area is 124 Å². The molecule has 1 saturated carbocycles. The summed E-state index contributed by atoms with van der Waals surface area (Å²) < 4.78 is 0. The zero-order valence-electron chi connectivity index (χ0n) is 12.1. The molecule has 110 valence electrons. The highest BCUT2D eigenvalue weighted by Crippen LogP contribution is 2.37. The fourth-order valence-corrected chi connectivity index (χ4v) is 4.16. The van der Waals surface area contributed by atoms with Gasteiger partial charge in [-0.05, 0) is 43.7 Å². The average Bonchev–Trinajstić information content (AvgIpc) is 3.13. The number of hydrogen-bond donors (Lipinski definition) is 2. The van der Waals surface area contributed by atoms with Crippen LogP contribution in [-0.4, -0.2) is 28.4 Å². The van der Waals surface area contributed by atoms with E-state index in [9.17, 15) is 4.79 Å². The Bertz CT molecular complexity index is 690. The molecule has 1 aromatic carbocycles. The molecule has 3 N–H and O–H groups in total. The van der Waals surface area contributed by atoms with Crippen molar-refractivity contribution in [3.8, 4) is 0 Å². The summed E-state index contributed by atoms with van der Waals surface area (Å²) in [6.45, 7) is 0.894. The third-order valence-electron chi connectivity index (χ3n) is 5.17. The maximum Gasteiger partial charge on any atom is 0.270 e. The number of hydrogen-bond acceptors (Lipinski definition) is 2. The molecule has 0 radical (unpaired) electrons. The zero-order valence-corrected chi connectivity index (χ0v) is 12.1. The summed E-state index contributed by atoms with van der Waals surface area (Å²) in [5.41, 5.74) is 8.23. The summed E-state index contributed by atoms with van der Waals surface area (Å²) in [7, 11) is 0. The van der Waals surface area contributed by atoms with Crippen LogP contribution in [0.25, 0.3) is 10.9 Å². The number of para-hydroxylation sites is 1. The molecule has 0 bridgehead atoms. The topological polar surface area (TPSA) is 62.1 Å². The van der Waals surface area contributed by atoms with E-state index in [1.165, 1.54) is 25.7 Å². The number of anilines is 1. The number of carbonyl (C=O) groups is 1. The van der Waals surface area contributed by atoms with Crippen LogP contribution in [-0.2, 0) is 0 Å². The van der Waals surface area contributed by atoms with Crippen molar-refractivity contribution in [3.05, 3.63) is 30.0 Å². The van der Waals surface area contributed by atoms with Crippen molar-refractivity contribution in [2.75, 3.05) is 12.3 Å². The number of nitrogens with two attached hydrogens (primary N) is 1. The molecule has 2 atom stereocenters. The van der Waals surface area contributed by atoms with E-state index in [2.05, 4.69) is 9.88 Å². The van der Waals surface area contributed by atoms with Gasteiger partial charge in [-0.1, -0.05) is 18.6 Å². The summed E-state index contributed by atoms with van der Waals surface area (Å²) in [6, 6.07) is 8.17. The number of fused-ring (bicyclic) bond motifs is 2. The molecule has 4 rings (SSSR count). The molecule has 0 spiro atoms. The SMILES string of the molecule is Nc1cccc2cc(C(=O)N3CCCC4CCCC43)[nH]c12. The van der Waals surface area contributed by atoms with E-state index in [-0.39, 0.29) is 5.91 Å². The Morgan fingerprint density at radius 3 is 2.95 bits per heavy atom. The maximum absolute atomic E-state index is 12.9. The number of rotatable bonds is 1. The van der Waals surface area contributed by atoms with Crippen LogP contribution in [0.4, 0.5) is 5.69 Å². The first-order valence-electron chi connectivity index (χ1n) is 7.92. The van der Waals surface area contributed by atoms with Gasteiger partial charge in [-0.2, -0.15) is 0 Å². The minimum atomic E-state index is 0.141. The van der Waals surface area contributed by atoms with Crippen molar-refractivity contribution in [2.45, 2.75) is 38.1 Å². The Hall–Kier alpha value is -1.97. The lowest BCUT2D eigenvalue weighted by Gasteiger charge is -2.37. The monoisotopic (exact) mass is 283 g/mol. The van der Waals surface area contributed by atoms with E-state index in [1.54, 1.807) is 0 Å². The van der Waals surface area contributed by atoms with Gasteiger partial charge in [-0.15, -0.1) is 0 Å². The van der Waals surface area contributed by atoms with E-state index < -0.39 is 0 Å². The second-order valence-electron chi connectivity index (χ2n) is 6.39. The Balaban J connectivity index is 1.67. The number of nitrogens with one attached hydrogen (secondary N) is 1. The van der Waals surface area contributed by atoms with Crippen molar-refractivity contribution >= 4 is 22.5 Å². The number of H-pyrrole nitrogens is 1. The number of benzene rings is 1. The third kappa shape index (κ3) is 2.01. The van der Waals surface area contributed by atoms with Gasteiger partial charge >= 0.3 is 0 Å². The average molecular weight is 283 g/mol. The molecule has 2 aliphatic rings. The number of likely N-dealkylation sites (tertiary alicyclic amines) is 1. The normalized spacial score (nSPS) is 25.2. The molecule has 1 aliphatic carbocycles. The van der Waals surface area contributed by atoms with Crippen molar-refractivity contribution in [2.24, 2.45) is 5.92 Å². The van der Waals surface area contributed by atoms with Gasteiger partial charge in [0.2, 0.25) is 0 Å². The van der Waals surface area contributed by atoms with E-state index in [0.29, 0.717) is 17.4 Å². The highest BCUT2D eigenvalue weighted by Gasteiger charge is 2.37. The van der Waals surface area contributed by atoms with Crippen LogP contribution in [0.2, 0.25) is 0 Å². The molecular weight excluding hydrogens is 262 g/mol. The summed E-state index contributed by atoms with van der Waals surface area (Å²) in [6.07, 6.45) is 6.13. The van der Waals surface area contributed by atoms with Crippen LogP contribution in [0.1, 0.15) is 42.6 Å². The first-order chi connectivity index (χ1) is 10.2. The van der Waals surface area contributed by atoms with Gasteiger partial charge < -0.3 is 15.6 Å². The lowest BCUT2D eigenvalue weighted by molar-refractivity contribution is 0.0543. The number of piperidine rings is 1. The van der Waals surface area contributed by atoms with E-state index >= 15 is 0 Å². The van der Waals surface area contributed by atoms with E-state index in [4.69, 9.17) is 5.73 Å². The first-order valence-corrected chi connectivity index (χ1v) is 7.92. The Morgan fingerprint density at radius 1 is 1.24 bits per heavy atom. The molecule has 1 aliphatic heterocycles. The molecule has 2 unspecified atom stereocenters. The summed E-state index contributed by atoms with van der Waals surface area (Å²) in [5, 5.41) is 1.01. The van der Waals surface area contributed by atoms with Gasteiger partial charge in [0, 0.05) is 18.0 Å². The Morgan fingerprint density at radius 2 is 2.10 bits per heavy atom. The minimum Gasteiger partial charge on any atom is -0.397 e.